The van der Waals surface area contributed by atoms with Crippen LogP contribution in [0.25, 0.3) is 10.9 Å². The van der Waals surface area contributed by atoms with Crippen LogP contribution in [0.5, 0.6) is 0 Å². The first kappa shape index (κ1) is 16.3. The molecule has 1 aliphatic heterocycles. The van der Waals surface area contributed by atoms with Crippen LogP contribution in [0.15, 0.2) is 64.1 Å². The molecular weight excluding hydrogens is 356 g/mol. The summed E-state index contributed by atoms with van der Waals surface area (Å²) in [6, 6.07) is 16.9. The van der Waals surface area contributed by atoms with Crippen molar-refractivity contribution in [3.8, 4) is 0 Å². The fraction of sp³-hybridized carbons (Fsp3) is 0.190. The van der Waals surface area contributed by atoms with Crippen LogP contribution in [0.1, 0.15) is 11.5 Å². The van der Waals surface area contributed by atoms with Crippen LogP contribution in [0.3, 0.4) is 0 Å². The molecule has 2 aromatic carbocycles. The molecule has 2 aromatic heterocycles. The molecular formula is C21H20N4OS. The van der Waals surface area contributed by atoms with Crippen molar-refractivity contribution in [1.29, 1.82) is 0 Å². The van der Waals surface area contributed by atoms with Crippen molar-refractivity contribution in [2.75, 3.05) is 22.5 Å². The van der Waals surface area contributed by atoms with Crippen LogP contribution >= 0.6 is 11.8 Å². The molecule has 0 fully saturated rings. The average Bonchev–Trinajstić information content (AvgIpc) is 3.28. The second-order valence-electron chi connectivity index (χ2n) is 6.76. The van der Waals surface area contributed by atoms with Gasteiger partial charge in [0.1, 0.15) is 0 Å². The summed E-state index contributed by atoms with van der Waals surface area (Å²) in [4.78, 5) is 6.97. The highest BCUT2D eigenvalue weighted by atomic mass is 32.2. The van der Waals surface area contributed by atoms with Gasteiger partial charge in [-0.05, 0) is 31.2 Å². The highest BCUT2D eigenvalue weighted by Gasteiger charge is 2.19. The van der Waals surface area contributed by atoms with E-state index in [-0.39, 0.29) is 0 Å². The van der Waals surface area contributed by atoms with E-state index < -0.39 is 0 Å². The van der Waals surface area contributed by atoms with Gasteiger partial charge < -0.3 is 19.7 Å². The van der Waals surface area contributed by atoms with Gasteiger partial charge in [0, 0.05) is 46.0 Å². The number of nitrogens with one attached hydrogen (secondary N) is 2. The van der Waals surface area contributed by atoms with Crippen molar-refractivity contribution in [1.82, 2.24) is 10.1 Å². The molecule has 5 rings (SSSR count). The van der Waals surface area contributed by atoms with Gasteiger partial charge in [-0.1, -0.05) is 23.4 Å². The fourth-order valence-corrected chi connectivity index (χ4v) is 4.62. The van der Waals surface area contributed by atoms with E-state index in [9.17, 15) is 0 Å². The maximum absolute atomic E-state index is 5.40. The van der Waals surface area contributed by atoms with Crippen LogP contribution < -0.4 is 10.2 Å². The summed E-state index contributed by atoms with van der Waals surface area (Å²) in [5.74, 6) is 1.97. The van der Waals surface area contributed by atoms with E-state index in [1.807, 2.05) is 37.0 Å². The third-order valence-electron chi connectivity index (χ3n) is 4.81. The van der Waals surface area contributed by atoms with Crippen LogP contribution in [0, 0.1) is 6.92 Å². The average molecular weight is 376 g/mol. The molecule has 0 bridgehead atoms. The Bertz CT molecular complexity index is 1100. The number of rotatable bonds is 4. The molecule has 4 aromatic rings. The second-order valence-corrected chi connectivity index (χ2v) is 7.90. The summed E-state index contributed by atoms with van der Waals surface area (Å²) >= 11 is 1.90. The summed E-state index contributed by atoms with van der Waals surface area (Å²) in [5.41, 5.74) is 5.52. The molecule has 3 heterocycles. The predicted octanol–water partition coefficient (Wildman–Crippen LogP) is 5.32. The minimum absolute atomic E-state index is 0.754. The van der Waals surface area contributed by atoms with Crippen LogP contribution in [-0.4, -0.2) is 22.4 Å². The summed E-state index contributed by atoms with van der Waals surface area (Å²) in [5, 5.41) is 8.75. The Morgan fingerprint density at radius 3 is 3.04 bits per heavy atom. The van der Waals surface area contributed by atoms with Crippen molar-refractivity contribution >= 4 is 39.7 Å². The molecule has 0 unspecified atom stereocenters. The first-order valence-electron chi connectivity index (χ1n) is 9.03. The van der Waals surface area contributed by atoms with Gasteiger partial charge in [-0.15, -0.1) is 11.8 Å². The molecule has 5 nitrogen and oxygen atoms in total. The summed E-state index contributed by atoms with van der Waals surface area (Å²) in [6.07, 6.45) is 2.02. The predicted molar refractivity (Wildman–Crippen MR) is 111 cm³/mol. The lowest BCUT2D eigenvalue weighted by atomic mass is 10.2. The largest absolute Gasteiger partial charge is 0.362 e. The molecule has 0 radical (unpaired) electrons. The number of hydrogen-bond acceptors (Lipinski definition) is 5. The molecule has 136 valence electrons. The number of anilines is 3. The summed E-state index contributed by atoms with van der Waals surface area (Å²) < 4.78 is 5.40. The minimum Gasteiger partial charge on any atom is -0.362 e. The highest BCUT2D eigenvalue weighted by Crippen LogP contribution is 2.38. The molecule has 6 heteroatoms. The zero-order valence-corrected chi connectivity index (χ0v) is 15.8. The van der Waals surface area contributed by atoms with Crippen molar-refractivity contribution in [3.63, 3.8) is 0 Å². The molecule has 0 saturated carbocycles. The number of aromatic nitrogens is 2. The van der Waals surface area contributed by atoms with Gasteiger partial charge in [0.25, 0.3) is 0 Å². The number of fused-ring (bicyclic) bond motifs is 2. The van der Waals surface area contributed by atoms with Gasteiger partial charge in [0.05, 0.1) is 23.6 Å². The number of benzene rings is 2. The molecule has 0 saturated heterocycles. The number of hydrogen-bond donors (Lipinski definition) is 2. The highest BCUT2D eigenvalue weighted by molar-refractivity contribution is 7.99. The Kier molecular flexibility index (Phi) is 4.05. The Labute approximate surface area is 161 Å². The zero-order valence-electron chi connectivity index (χ0n) is 15.0. The topological polar surface area (TPSA) is 57.1 Å². The van der Waals surface area contributed by atoms with Crippen LogP contribution in [0.2, 0.25) is 0 Å². The van der Waals surface area contributed by atoms with Gasteiger partial charge in [-0.25, -0.2) is 0 Å². The van der Waals surface area contributed by atoms with Crippen molar-refractivity contribution in [3.05, 3.63) is 66.2 Å². The Morgan fingerprint density at radius 2 is 2.15 bits per heavy atom. The fourth-order valence-electron chi connectivity index (χ4n) is 3.53. The molecule has 2 N–H and O–H groups in total. The van der Waals surface area contributed by atoms with Gasteiger partial charge in [0.15, 0.2) is 5.76 Å². The van der Waals surface area contributed by atoms with Gasteiger partial charge >= 0.3 is 0 Å². The molecule has 1 aliphatic rings. The number of para-hydroxylation sites is 1. The van der Waals surface area contributed by atoms with E-state index in [4.69, 9.17) is 4.52 Å². The van der Waals surface area contributed by atoms with Gasteiger partial charge in [-0.2, -0.15) is 0 Å². The van der Waals surface area contributed by atoms with Crippen LogP contribution in [0.4, 0.5) is 17.1 Å². The van der Waals surface area contributed by atoms with E-state index in [1.165, 1.54) is 16.0 Å². The summed E-state index contributed by atoms with van der Waals surface area (Å²) in [6.45, 7) is 3.71. The number of H-pyrrole nitrogens is 1. The van der Waals surface area contributed by atoms with E-state index in [2.05, 4.69) is 56.8 Å². The van der Waals surface area contributed by atoms with Crippen molar-refractivity contribution in [2.24, 2.45) is 0 Å². The smallest absolute Gasteiger partial charge is 0.156 e. The Hall–Kier alpha value is -2.86. The Morgan fingerprint density at radius 1 is 1.22 bits per heavy atom. The lowest BCUT2D eigenvalue weighted by Gasteiger charge is -2.30. The maximum Gasteiger partial charge on any atom is 0.156 e. The first-order valence-corrected chi connectivity index (χ1v) is 10.0. The molecule has 27 heavy (non-hydrogen) atoms. The molecule has 0 amide bonds. The quantitative estimate of drug-likeness (QED) is 0.505. The van der Waals surface area contributed by atoms with E-state index in [0.29, 0.717) is 0 Å². The molecule has 0 spiro atoms. The van der Waals surface area contributed by atoms with Crippen molar-refractivity contribution < 1.29 is 4.52 Å². The number of nitrogens with zero attached hydrogens (tertiary/aromatic N) is 2. The monoisotopic (exact) mass is 376 g/mol. The third-order valence-corrected chi connectivity index (χ3v) is 5.84. The van der Waals surface area contributed by atoms with Crippen molar-refractivity contribution in [2.45, 2.75) is 18.4 Å². The lowest BCUT2D eigenvalue weighted by molar-refractivity contribution is 0.377. The minimum atomic E-state index is 0.754. The third kappa shape index (κ3) is 3.17. The zero-order chi connectivity index (χ0) is 18.2. The van der Waals surface area contributed by atoms with E-state index in [0.717, 1.165) is 47.2 Å². The van der Waals surface area contributed by atoms with Gasteiger partial charge in [-0.3, -0.25) is 0 Å². The second kappa shape index (κ2) is 6.70. The van der Waals surface area contributed by atoms with E-state index >= 15 is 0 Å². The first-order chi connectivity index (χ1) is 13.3. The number of aromatic amines is 1. The summed E-state index contributed by atoms with van der Waals surface area (Å²) in [7, 11) is 0. The molecule has 0 atom stereocenters. The standard InChI is InChI=1S/C21H20N4OS/c1-14-10-16(26-24-14)13-25-8-9-27-21-11-15(6-7-20(21)25)23-19-12-22-18-5-3-2-4-17(18)19/h2-7,10-12,22-23H,8-9,13H2,1H3. The van der Waals surface area contributed by atoms with E-state index in [1.54, 1.807) is 0 Å². The van der Waals surface area contributed by atoms with Gasteiger partial charge in [0.2, 0.25) is 0 Å². The maximum atomic E-state index is 5.40. The Balaban J connectivity index is 1.40. The normalized spacial score (nSPS) is 13.7. The lowest BCUT2D eigenvalue weighted by Crippen LogP contribution is -2.28. The van der Waals surface area contributed by atoms with Crippen LogP contribution in [-0.2, 0) is 6.54 Å². The molecule has 0 aliphatic carbocycles. The SMILES string of the molecule is Cc1cc(CN2CCSc3cc(Nc4c[nH]c5ccccc45)ccc32)on1. The number of aryl methyl sites for hydroxylation is 1. The number of thioether (sulfide) groups is 1.